The molecule has 0 atom stereocenters. The fourth-order valence-corrected chi connectivity index (χ4v) is 1.98. The van der Waals surface area contributed by atoms with Crippen molar-refractivity contribution in [2.45, 2.75) is 20.4 Å². The molecule has 0 saturated heterocycles. The van der Waals surface area contributed by atoms with Gasteiger partial charge in [0.05, 0.1) is 5.69 Å². The maximum Gasteiger partial charge on any atom is 0.261 e. The number of nitrogens with one attached hydrogen (secondary N) is 2. The first kappa shape index (κ1) is 13.3. The highest BCUT2D eigenvalue weighted by molar-refractivity contribution is 6.06. The standard InChI is InChI=1S/C14H17N3O2/c1-9-13(10(2)19-17-9)14(18)16-12-7-5-4-6-11(12)8-15-3/h4-7,15H,8H2,1-3H3,(H,16,18). The highest BCUT2D eigenvalue weighted by atomic mass is 16.5. The Morgan fingerprint density at radius 3 is 2.68 bits per heavy atom. The average Bonchev–Trinajstić information content (AvgIpc) is 2.72. The summed E-state index contributed by atoms with van der Waals surface area (Å²) in [6.45, 7) is 4.18. The molecule has 0 spiro atoms. The van der Waals surface area contributed by atoms with Crippen molar-refractivity contribution in [1.29, 1.82) is 0 Å². The monoisotopic (exact) mass is 259 g/mol. The Morgan fingerprint density at radius 2 is 2.05 bits per heavy atom. The molecule has 2 aromatic rings. The highest BCUT2D eigenvalue weighted by Crippen LogP contribution is 2.18. The summed E-state index contributed by atoms with van der Waals surface area (Å²) in [5.41, 5.74) is 2.92. The van der Waals surface area contributed by atoms with E-state index in [1.165, 1.54) is 0 Å². The number of para-hydroxylation sites is 1. The smallest absolute Gasteiger partial charge is 0.261 e. The van der Waals surface area contributed by atoms with Crippen LogP contribution in [0.3, 0.4) is 0 Å². The highest BCUT2D eigenvalue weighted by Gasteiger charge is 2.18. The number of carbonyl (C=O) groups is 1. The van der Waals surface area contributed by atoms with Crippen LogP contribution in [0.25, 0.3) is 0 Å². The van der Waals surface area contributed by atoms with Crippen LogP contribution in [0, 0.1) is 13.8 Å². The lowest BCUT2D eigenvalue weighted by Gasteiger charge is -2.10. The predicted octanol–water partition coefficient (Wildman–Crippen LogP) is 2.26. The molecule has 0 aliphatic heterocycles. The normalized spacial score (nSPS) is 10.5. The third-order valence-corrected chi connectivity index (χ3v) is 2.89. The summed E-state index contributed by atoms with van der Waals surface area (Å²) in [5, 5.41) is 9.76. The van der Waals surface area contributed by atoms with Gasteiger partial charge in [-0.1, -0.05) is 23.4 Å². The van der Waals surface area contributed by atoms with Gasteiger partial charge in [0.25, 0.3) is 5.91 Å². The second-order valence-corrected chi connectivity index (χ2v) is 4.34. The minimum Gasteiger partial charge on any atom is -0.361 e. The Balaban J connectivity index is 2.24. The Hall–Kier alpha value is -2.14. The first-order valence-corrected chi connectivity index (χ1v) is 6.10. The van der Waals surface area contributed by atoms with Crippen LogP contribution < -0.4 is 10.6 Å². The van der Waals surface area contributed by atoms with Gasteiger partial charge < -0.3 is 15.2 Å². The molecule has 2 N–H and O–H groups in total. The zero-order chi connectivity index (χ0) is 13.8. The van der Waals surface area contributed by atoms with Gasteiger partial charge in [0.15, 0.2) is 0 Å². The van der Waals surface area contributed by atoms with Crippen LogP contribution in [0.4, 0.5) is 5.69 Å². The molecule has 0 unspecified atom stereocenters. The van der Waals surface area contributed by atoms with Crippen molar-refractivity contribution in [1.82, 2.24) is 10.5 Å². The number of nitrogens with zero attached hydrogens (tertiary/aromatic N) is 1. The Kier molecular flexibility index (Phi) is 3.97. The molecule has 19 heavy (non-hydrogen) atoms. The molecule has 1 heterocycles. The van der Waals surface area contributed by atoms with Gasteiger partial charge in [-0.25, -0.2) is 0 Å². The van der Waals surface area contributed by atoms with E-state index in [4.69, 9.17) is 4.52 Å². The van der Waals surface area contributed by atoms with Gasteiger partial charge in [-0.15, -0.1) is 0 Å². The van der Waals surface area contributed by atoms with Gasteiger partial charge in [-0.2, -0.15) is 0 Å². The first-order chi connectivity index (χ1) is 9.13. The number of carbonyl (C=O) groups excluding carboxylic acids is 1. The Labute approximate surface area is 112 Å². The number of hydrogen-bond acceptors (Lipinski definition) is 4. The quantitative estimate of drug-likeness (QED) is 0.883. The van der Waals surface area contributed by atoms with Crippen LogP contribution in [-0.4, -0.2) is 18.1 Å². The van der Waals surface area contributed by atoms with Gasteiger partial charge in [-0.3, -0.25) is 4.79 Å². The summed E-state index contributed by atoms with van der Waals surface area (Å²) >= 11 is 0. The number of hydrogen-bond donors (Lipinski definition) is 2. The molecule has 0 saturated carbocycles. The van der Waals surface area contributed by atoms with Gasteiger partial charge in [0.1, 0.15) is 11.3 Å². The summed E-state index contributed by atoms with van der Waals surface area (Å²) in [6, 6.07) is 7.68. The van der Waals surface area contributed by atoms with E-state index in [9.17, 15) is 4.79 Å². The van der Waals surface area contributed by atoms with E-state index >= 15 is 0 Å². The first-order valence-electron chi connectivity index (χ1n) is 6.10. The number of anilines is 1. The minimum atomic E-state index is -0.195. The van der Waals surface area contributed by atoms with Crippen LogP contribution in [0.2, 0.25) is 0 Å². The summed E-state index contributed by atoms with van der Waals surface area (Å²) in [7, 11) is 1.87. The SMILES string of the molecule is CNCc1ccccc1NC(=O)c1c(C)noc1C. The molecular weight excluding hydrogens is 242 g/mol. The molecule has 0 radical (unpaired) electrons. The van der Waals surface area contributed by atoms with E-state index in [2.05, 4.69) is 15.8 Å². The lowest BCUT2D eigenvalue weighted by Crippen LogP contribution is -2.16. The molecule has 5 nitrogen and oxygen atoms in total. The van der Waals surface area contributed by atoms with Crippen molar-refractivity contribution in [2.75, 3.05) is 12.4 Å². The summed E-state index contributed by atoms with van der Waals surface area (Å²) in [4.78, 5) is 12.2. The molecule has 0 aliphatic rings. The molecule has 0 aliphatic carbocycles. The number of rotatable bonds is 4. The maximum atomic E-state index is 12.2. The van der Waals surface area contributed by atoms with Crippen molar-refractivity contribution in [2.24, 2.45) is 0 Å². The van der Waals surface area contributed by atoms with Gasteiger partial charge in [0.2, 0.25) is 0 Å². The van der Waals surface area contributed by atoms with E-state index in [1.54, 1.807) is 13.8 Å². The molecule has 100 valence electrons. The van der Waals surface area contributed by atoms with Crippen LogP contribution in [-0.2, 0) is 6.54 Å². The Bertz CT molecular complexity index is 571. The fourth-order valence-electron chi connectivity index (χ4n) is 1.98. The minimum absolute atomic E-state index is 0.195. The van der Waals surface area contributed by atoms with Crippen molar-refractivity contribution in [3.8, 4) is 0 Å². The van der Waals surface area contributed by atoms with Crippen molar-refractivity contribution in [3.63, 3.8) is 0 Å². The van der Waals surface area contributed by atoms with Gasteiger partial charge in [-0.05, 0) is 32.5 Å². The van der Waals surface area contributed by atoms with Gasteiger partial charge in [0, 0.05) is 12.2 Å². The number of benzene rings is 1. The second kappa shape index (κ2) is 5.67. The largest absolute Gasteiger partial charge is 0.361 e. The zero-order valence-electron chi connectivity index (χ0n) is 11.3. The molecule has 0 fully saturated rings. The maximum absolute atomic E-state index is 12.2. The summed E-state index contributed by atoms with van der Waals surface area (Å²) in [5.74, 6) is 0.334. The Morgan fingerprint density at radius 1 is 1.32 bits per heavy atom. The third-order valence-electron chi connectivity index (χ3n) is 2.89. The van der Waals surface area contributed by atoms with E-state index in [0.29, 0.717) is 23.6 Å². The van der Waals surface area contributed by atoms with Crippen LogP contribution in [0.15, 0.2) is 28.8 Å². The zero-order valence-corrected chi connectivity index (χ0v) is 11.3. The van der Waals surface area contributed by atoms with Crippen LogP contribution in [0.5, 0.6) is 0 Å². The van der Waals surface area contributed by atoms with Crippen LogP contribution in [0.1, 0.15) is 27.4 Å². The lowest BCUT2D eigenvalue weighted by atomic mass is 10.1. The molecule has 0 bridgehead atoms. The van der Waals surface area contributed by atoms with E-state index in [1.807, 2.05) is 31.3 Å². The van der Waals surface area contributed by atoms with Crippen molar-refractivity contribution < 1.29 is 9.32 Å². The third kappa shape index (κ3) is 2.82. The van der Waals surface area contributed by atoms with E-state index in [-0.39, 0.29) is 5.91 Å². The topological polar surface area (TPSA) is 67.2 Å². The molecular formula is C14H17N3O2. The number of aromatic nitrogens is 1. The number of aryl methyl sites for hydroxylation is 2. The van der Waals surface area contributed by atoms with Crippen LogP contribution >= 0.6 is 0 Å². The fraction of sp³-hybridized carbons (Fsp3) is 0.286. The van der Waals surface area contributed by atoms with E-state index < -0.39 is 0 Å². The lowest BCUT2D eigenvalue weighted by molar-refractivity contribution is 0.102. The second-order valence-electron chi connectivity index (χ2n) is 4.34. The predicted molar refractivity (Wildman–Crippen MR) is 73.1 cm³/mol. The number of amides is 1. The average molecular weight is 259 g/mol. The van der Waals surface area contributed by atoms with Crippen molar-refractivity contribution in [3.05, 3.63) is 46.8 Å². The molecule has 1 amide bonds. The van der Waals surface area contributed by atoms with Crippen molar-refractivity contribution >= 4 is 11.6 Å². The van der Waals surface area contributed by atoms with Gasteiger partial charge >= 0.3 is 0 Å². The molecule has 5 heteroatoms. The summed E-state index contributed by atoms with van der Waals surface area (Å²) < 4.78 is 5.01. The summed E-state index contributed by atoms with van der Waals surface area (Å²) in [6.07, 6.45) is 0. The molecule has 1 aromatic heterocycles. The molecule has 1 aromatic carbocycles. The molecule has 2 rings (SSSR count). The van der Waals surface area contributed by atoms with E-state index in [0.717, 1.165) is 11.3 Å².